The minimum Gasteiger partial charge on any atom is -0.373 e. The Hall–Kier alpha value is -0.163. The maximum atomic E-state index is 6.57. The fourth-order valence-electron chi connectivity index (χ4n) is 4.13. The van der Waals surface area contributed by atoms with Crippen molar-refractivity contribution in [2.75, 3.05) is 19.8 Å². The first-order valence-electron chi connectivity index (χ1n) is 14.8. The molecule has 0 N–H and O–H groups in total. The largest absolute Gasteiger partial charge is 0.500 e. The van der Waals surface area contributed by atoms with Gasteiger partial charge in [0, 0.05) is 25.9 Å². The van der Waals surface area contributed by atoms with E-state index in [2.05, 4.69) is 27.4 Å². The molecule has 0 aromatic heterocycles. The lowest BCUT2D eigenvalue weighted by Crippen LogP contribution is -2.46. The second-order valence-electron chi connectivity index (χ2n) is 9.71. The SMILES string of the molecule is C=CCCCCCC[Si](OCCCCCCC)(OCCCCCCC)OCCCCCCC. The molecule has 0 saturated carbocycles. The van der Waals surface area contributed by atoms with E-state index in [9.17, 15) is 0 Å². The third-order valence-corrected chi connectivity index (χ3v) is 9.25. The third-order valence-electron chi connectivity index (χ3n) is 6.35. The van der Waals surface area contributed by atoms with Gasteiger partial charge in [-0.05, 0) is 38.5 Å². The number of hydrogen-bond donors (Lipinski definition) is 0. The molecule has 0 aromatic rings. The first kappa shape index (κ1) is 32.8. The highest BCUT2D eigenvalue weighted by Gasteiger charge is 2.40. The summed E-state index contributed by atoms with van der Waals surface area (Å²) in [6.45, 7) is 13.1. The summed E-state index contributed by atoms with van der Waals surface area (Å²) in [5, 5.41) is 0. The molecule has 0 saturated heterocycles. The molecule has 0 fully saturated rings. The van der Waals surface area contributed by atoms with Gasteiger partial charge in [0.25, 0.3) is 0 Å². The molecule has 0 rings (SSSR count). The standard InChI is InChI=1S/C29H60O3Si/c1-5-9-13-17-21-25-29-33(30-26-22-18-14-10-6-2,31-27-23-19-15-11-7-3)32-28-24-20-16-12-8-4/h5H,1,6-29H2,2-4H3. The summed E-state index contributed by atoms with van der Waals surface area (Å²) in [5.41, 5.74) is 0. The van der Waals surface area contributed by atoms with Gasteiger partial charge in [-0.1, -0.05) is 117 Å². The molecule has 0 unspecified atom stereocenters. The summed E-state index contributed by atoms with van der Waals surface area (Å²) in [5.74, 6) is 0. The Kier molecular flexibility index (Phi) is 26.3. The number of unbranched alkanes of at least 4 members (excludes halogenated alkanes) is 16. The lowest BCUT2D eigenvalue weighted by atomic mass is 10.1. The Morgan fingerprint density at radius 2 is 0.848 bits per heavy atom. The molecule has 0 aliphatic heterocycles. The number of rotatable bonds is 28. The summed E-state index contributed by atoms with van der Waals surface area (Å²) < 4.78 is 19.7. The topological polar surface area (TPSA) is 27.7 Å². The Morgan fingerprint density at radius 3 is 1.24 bits per heavy atom. The van der Waals surface area contributed by atoms with Crippen LogP contribution in [0.5, 0.6) is 0 Å². The van der Waals surface area contributed by atoms with E-state index in [1.165, 1.54) is 96.3 Å². The van der Waals surface area contributed by atoms with Gasteiger partial charge in [0.1, 0.15) is 0 Å². The average Bonchev–Trinajstić information content (AvgIpc) is 2.83. The maximum absolute atomic E-state index is 6.57. The molecule has 4 heteroatoms. The lowest BCUT2D eigenvalue weighted by molar-refractivity contribution is 0.0546. The van der Waals surface area contributed by atoms with Gasteiger partial charge in [0.15, 0.2) is 0 Å². The normalized spacial score (nSPS) is 11.8. The highest BCUT2D eigenvalue weighted by Crippen LogP contribution is 2.23. The zero-order valence-corrected chi connectivity index (χ0v) is 24.0. The summed E-state index contributed by atoms with van der Waals surface area (Å²) >= 11 is 0. The molecule has 0 bridgehead atoms. The molecule has 0 aliphatic rings. The van der Waals surface area contributed by atoms with Crippen molar-refractivity contribution in [2.24, 2.45) is 0 Å². The van der Waals surface area contributed by atoms with Gasteiger partial charge in [-0.25, -0.2) is 0 Å². The molecule has 33 heavy (non-hydrogen) atoms. The van der Waals surface area contributed by atoms with Crippen molar-refractivity contribution in [3.63, 3.8) is 0 Å². The van der Waals surface area contributed by atoms with Gasteiger partial charge >= 0.3 is 8.80 Å². The van der Waals surface area contributed by atoms with Gasteiger partial charge in [0.05, 0.1) is 0 Å². The van der Waals surface area contributed by atoms with Crippen LogP contribution in [0.25, 0.3) is 0 Å². The Labute approximate surface area is 209 Å². The lowest BCUT2D eigenvalue weighted by Gasteiger charge is -2.30. The van der Waals surface area contributed by atoms with Crippen LogP contribution >= 0.6 is 0 Å². The van der Waals surface area contributed by atoms with Crippen LogP contribution in [-0.2, 0) is 13.3 Å². The van der Waals surface area contributed by atoms with E-state index in [0.29, 0.717) is 0 Å². The summed E-state index contributed by atoms with van der Waals surface area (Å²) in [6.07, 6.45) is 27.0. The van der Waals surface area contributed by atoms with Gasteiger partial charge in [0.2, 0.25) is 0 Å². The van der Waals surface area contributed by atoms with Crippen LogP contribution in [0.3, 0.4) is 0 Å². The van der Waals surface area contributed by atoms with Gasteiger partial charge in [-0.3, -0.25) is 0 Å². The highest BCUT2D eigenvalue weighted by atomic mass is 28.4. The van der Waals surface area contributed by atoms with Gasteiger partial charge < -0.3 is 13.3 Å². The summed E-state index contributed by atoms with van der Waals surface area (Å²) in [7, 11) is -2.59. The first-order chi connectivity index (χ1) is 16.2. The quantitative estimate of drug-likeness (QED) is 0.0628. The molecule has 198 valence electrons. The highest BCUT2D eigenvalue weighted by molar-refractivity contribution is 6.60. The molecule has 0 aromatic carbocycles. The molecule has 0 heterocycles. The van der Waals surface area contributed by atoms with Gasteiger partial charge in [-0.15, -0.1) is 6.58 Å². The van der Waals surface area contributed by atoms with Crippen molar-refractivity contribution in [1.82, 2.24) is 0 Å². The first-order valence-corrected chi connectivity index (χ1v) is 16.7. The average molecular weight is 485 g/mol. The van der Waals surface area contributed by atoms with Crippen molar-refractivity contribution in [3.05, 3.63) is 12.7 Å². The molecule has 3 nitrogen and oxygen atoms in total. The predicted octanol–water partition coefficient (Wildman–Crippen LogP) is 10.0. The fraction of sp³-hybridized carbons (Fsp3) is 0.931. The van der Waals surface area contributed by atoms with E-state index < -0.39 is 8.80 Å². The van der Waals surface area contributed by atoms with E-state index in [4.69, 9.17) is 13.3 Å². The van der Waals surface area contributed by atoms with Crippen molar-refractivity contribution < 1.29 is 13.3 Å². The molecule has 0 atom stereocenters. The molecular formula is C29H60O3Si. The minimum absolute atomic E-state index is 0.804. The van der Waals surface area contributed by atoms with E-state index in [1.54, 1.807) is 0 Å². The third kappa shape index (κ3) is 22.1. The van der Waals surface area contributed by atoms with Crippen LogP contribution in [0.15, 0.2) is 12.7 Å². The van der Waals surface area contributed by atoms with Crippen LogP contribution in [-0.4, -0.2) is 28.6 Å². The van der Waals surface area contributed by atoms with Crippen LogP contribution in [0.4, 0.5) is 0 Å². The smallest absolute Gasteiger partial charge is 0.373 e. The Bertz CT molecular complexity index is 348. The zero-order chi connectivity index (χ0) is 24.3. The Morgan fingerprint density at radius 1 is 0.485 bits per heavy atom. The van der Waals surface area contributed by atoms with Gasteiger partial charge in [-0.2, -0.15) is 0 Å². The molecule has 0 radical (unpaired) electrons. The Balaban J connectivity index is 4.75. The van der Waals surface area contributed by atoms with E-state index in [0.717, 1.165) is 58.0 Å². The van der Waals surface area contributed by atoms with Crippen molar-refractivity contribution >= 4 is 8.80 Å². The molecule has 0 spiro atoms. The monoisotopic (exact) mass is 484 g/mol. The van der Waals surface area contributed by atoms with Crippen molar-refractivity contribution in [1.29, 1.82) is 0 Å². The van der Waals surface area contributed by atoms with E-state index >= 15 is 0 Å². The molecular weight excluding hydrogens is 424 g/mol. The van der Waals surface area contributed by atoms with E-state index in [-0.39, 0.29) is 0 Å². The van der Waals surface area contributed by atoms with E-state index in [1.807, 2.05) is 6.08 Å². The number of allylic oxidation sites excluding steroid dienone is 1. The zero-order valence-electron chi connectivity index (χ0n) is 23.0. The molecule has 0 amide bonds. The van der Waals surface area contributed by atoms with Crippen molar-refractivity contribution in [2.45, 2.75) is 155 Å². The second kappa shape index (κ2) is 26.4. The molecule has 0 aliphatic carbocycles. The maximum Gasteiger partial charge on any atom is 0.500 e. The second-order valence-corrected chi connectivity index (χ2v) is 12.4. The summed E-state index contributed by atoms with van der Waals surface area (Å²) in [4.78, 5) is 0. The predicted molar refractivity (Wildman–Crippen MR) is 148 cm³/mol. The van der Waals surface area contributed by atoms with Crippen LogP contribution in [0, 0.1) is 0 Å². The van der Waals surface area contributed by atoms with Crippen molar-refractivity contribution in [3.8, 4) is 0 Å². The summed E-state index contributed by atoms with van der Waals surface area (Å²) in [6, 6.07) is 0.986. The minimum atomic E-state index is -2.59. The van der Waals surface area contributed by atoms with Crippen LogP contribution < -0.4 is 0 Å². The van der Waals surface area contributed by atoms with Crippen LogP contribution in [0.2, 0.25) is 6.04 Å². The van der Waals surface area contributed by atoms with Crippen LogP contribution in [0.1, 0.15) is 149 Å². The number of hydrogen-bond acceptors (Lipinski definition) is 3. The fourth-order valence-corrected chi connectivity index (χ4v) is 6.86.